The Morgan fingerprint density at radius 3 is 2.86 bits per heavy atom. The van der Waals surface area contributed by atoms with Crippen molar-refractivity contribution >= 4 is 16.9 Å². The number of carbonyl (C=O) groups is 1. The van der Waals surface area contributed by atoms with E-state index in [0.717, 1.165) is 48.2 Å². The van der Waals surface area contributed by atoms with E-state index in [2.05, 4.69) is 15.7 Å². The third kappa shape index (κ3) is 3.60. The predicted molar refractivity (Wildman–Crippen MR) is 107 cm³/mol. The summed E-state index contributed by atoms with van der Waals surface area (Å²) >= 11 is 0. The lowest BCUT2D eigenvalue weighted by molar-refractivity contribution is -0.122. The molecule has 1 aliphatic rings. The van der Waals surface area contributed by atoms with Crippen molar-refractivity contribution in [1.82, 2.24) is 29.5 Å². The van der Waals surface area contributed by atoms with Crippen LogP contribution in [0.4, 0.5) is 0 Å². The van der Waals surface area contributed by atoms with Crippen LogP contribution < -0.4 is 16.3 Å². The molecule has 0 radical (unpaired) electrons. The Labute approximate surface area is 163 Å². The zero-order chi connectivity index (χ0) is 19.7. The van der Waals surface area contributed by atoms with E-state index in [1.54, 1.807) is 27.9 Å². The summed E-state index contributed by atoms with van der Waals surface area (Å²) in [6.45, 7) is 2.64. The summed E-state index contributed by atoms with van der Waals surface area (Å²) in [7, 11) is 3.51. The van der Waals surface area contributed by atoms with Crippen molar-refractivity contribution in [1.29, 1.82) is 0 Å². The van der Waals surface area contributed by atoms with E-state index in [9.17, 15) is 9.59 Å². The molecule has 28 heavy (non-hydrogen) atoms. The van der Waals surface area contributed by atoms with Gasteiger partial charge in [-0.25, -0.2) is 4.79 Å². The Bertz CT molecular complexity index is 1050. The fraction of sp³-hybridized carbons (Fsp3) is 0.450. The summed E-state index contributed by atoms with van der Waals surface area (Å²) in [5, 5.41) is 10.9. The van der Waals surface area contributed by atoms with Crippen molar-refractivity contribution < 1.29 is 4.79 Å². The maximum atomic E-state index is 12.3. The fourth-order valence-corrected chi connectivity index (χ4v) is 3.85. The first-order chi connectivity index (χ1) is 13.5. The standard InChI is InChI=1S/C20H26N6O2/c1-24-17-6-5-14(10-18(17)25(2)20(24)28)11-22-19(27)13-26-9-7-16(23-26)15-4-3-8-21-12-15/h5-7,9-10,15,21H,3-4,8,11-13H2,1-2H3,(H,22,27)/t15-/m0/s1. The number of amides is 1. The minimum atomic E-state index is -0.0848. The highest BCUT2D eigenvalue weighted by Crippen LogP contribution is 2.21. The second kappa shape index (κ2) is 7.63. The van der Waals surface area contributed by atoms with Gasteiger partial charge in [-0.1, -0.05) is 6.07 Å². The zero-order valence-electron chi connectivity index (χ0n) is 16.3. The number of benzene rings is 1. The maximum absolute atomic E-state index is 12.3. The van der Waals surface area contributed by atoms with Gasteiger partial charge in [0.05, 0.1) is 16.7 Å². The molecule has 0 aliphatic carbocycles. The number of aromatic nitrogens is 4. The largest absolute Gasteiger partial charge is 0.350 e. The Morgan fingerprint density at radius 1 is 1.25 bits per heavy atom. The van der Waals surface area contributed by atoms with Gasteiger partial charge in [-0.2, -0.15) is 5.10 Å². The molecule has 1 amide bonds. The van der Waals surface area contributed by atoms with Crippen LogP contribution in [0.5, 0.6) is 0 Å². The van der Waals surface area contributed by atoms with Gasteiger partial charge >= 0.3 is 5.69 Å². The summed E-state index contributed by atoms with van der Waals surface area (Å²) in [6, 6.07) is 7.80. The monoisotopic (exact) mass is 382 g/mol. The van der Waals surface area contributed by atoms with Crippen molar-refractivity contribution in [2.75, 3.05) is 13.1 Å². The van der Waals surface area contributed by atoms with Crippen LogP contribution in [-0.4, -0.2) is 37.9 Å². The topological polar surface area (TPSA) is 85.9 Å². The molecule has 0 saturated carbocycles. The summed E-state index contributed by atoms with van der Waals surface area (Å²) in [5.41, 5.74) is 3.69. The molecule has 4 rings (SSSR count). The van der Waals surface area contributed by atoms with Crippen LogP contribution in [0.1, 0.15) is 30.0 Å². The lowest BCUT2D eigenvalue weighted by Crippen LogP contribution is -2.29. The summed E-state index contributed by atoms with van der Waals surface area (Å²) in [4.78, 5) is 24.3. The van der Waals surface area contributed by atoms with E-state index >= 15 is 0 Å². The number of hydrogen-bond acceptors (Lipinski definition) is 4. The molecule has 0 bridgehead atoms. The van der Waals surface area contributed by atoms with Gasteiger partial charge in [-0.05, 0) is 43.1 Å². The quantitative estimate of drug-likeness (QED) is 0.685. The minimum absolute atomic E-state index is 0.0566. The minimum Gasteiger partial charge on any atom is -0.350 e. The molecular weight excluding hydrogens is 356 g/mol. The highest BCUT2D eigenvalue weighted by atomic mass is 16.2. The average Bonchev–Trinajstić information content (AvgIpc) is 3.26. The highest BCUT2D eigenvalue weighted by Gasteiger charge is 2.18. The first-order valence-electron chi connectivity index (χ1n) is 9.68. The number of nitrogens with one attached hydrogen (secondary N) is 2. The van der Waals surface area contributed by atoms with E-state index < -0.39 is 0 Å². The van der Waals surface area contributed by atoms with Crippen LogP contribution in [0.2, 0.25) is 0 Å². The number of imidazole rings is 1. The van der Waals surface area contributed by atoms with Gasteiger partial charge < -0.3 is 10.6 Å². The number of nitrogens with zero attached hydrogens (tertiary/aromatic N) is 4. The molecule has 1 fully saturated rings. The molecule has 3 heterocycles. The Kier molecular flexibility index (Phi) is 5.04. The number of piperidine rings is 1. The van der Waals surface area contributed by atoms with Crippen LogP contribution >= 0.6 is 0 Å². The summed E-state index contributed by atoms with van der Waals surface area (Å²) in [5.74, 6) is 0.348. The summed E-state index contributed by atoms with van der Waals surface area (Å²) < 4.78 is 4.93. The first kappa shape index (κ1) is 18.5. The molecule has 0 spiro atoms. The van der Waals surface area contributed by atoms with E-state index in [1.807, 2.05) is 30.5 Å². The third-order valence-electron chi connectivity index (χ3n) is 5.51. The normalized spacial score (nSPS) is 17.1. The fourth-order valence-electron chi connectivity index (χ4n) is 3.85. The number of aryl methyl sites for hydroxylation is 2. The second-order valence-corrected chi connectivity index (χ2v) is 7.48. The van der Waals surface area contributed by atoms with Crippen molar-refractivity contribution in [3.05, 3.63) is 52.2 Å². The van der Waals surface area contributed by atoms with Gasteiger partial charge in [0.15, 0.2) is 0 Å². The van der Waals surface area contributed by atoms with E-state index in [0.29, 0.717) is 12.5 Å². The molecular formula is C20H26N6O2. The maximum Gasteiger partial charge on any atom is 0.328 e. The van der Waals surface area contributed by atoms with Gasteiger partial charge in [0, 0.05) is 39.3 Å². The van der Waals surface area contributed by atoms with Gasteiger partial charge in [-0.15, -0.1) is 0 Å². The molecule has 2 N–H and O–H groups in total. The average molecular weight is 382 g/mol. The molecule has 8 heteroatoms. The molecule has 1 aromatic carbocycles. The Morgan fingerprint density at radius 2 is 2.07 bits per heavy atom. The SMILES string of the molecule is Cn1c(=O)n(C)c2cc(CNC(=O)Cn3ccc([C@H]4CCCNC4)n3)ccc21. The van der Waals surface area contributed by atoms with E-state index in [4.69, 9.17) is 0 Å². The second-order valence-electron chi connectivity index (χ2n) is 7.48. The molecule has 1 atom stereocenters. The van der Waals surface area contributed by atoms with E-state index in [-0.39, 0.29) is 18.1 Å². The van der Waals surface area contributed by atoms with Gasteiger partial charge in [-0.3, -0.25) is 18.6 Å². The number of hydrogen-bond donors (Lipinski definition) is 2. The van der Waals surface area contributed by atoms with Gasteiger partial charge in [0.2, 0.25) is 5.91 Å². The molecule has 1 aliphatic heterocycles. The zero-order valence-corrected chi connectivity index (χ0v) is 16.3. The Balaban J connectivity index is 1.37. The van der Waals surface area contributed by atoms with Gasteiger partial charge in [0.1, 0.15) is 6.54 Å². The number of carbonyl (C=O) groups excluding carboxylic acids is 1. The number of rotatable bonds is 5. The van der Waals surface area contributed by atoms with Crippen LogP contribution in [0.3, 0.4) is 0 Å². The molecule has 148 valence electrons. The Hall–Kier alpha value is -2.87. The molecule has 0 unspecified atom stereocenters. The third-order valence-corrected chi connectivity index (χ3v) is 5.51. The smallest absolute Gasteiger partial charge is 0.328 e. The molecule has 2 aromatic heterocycles. The van der Waals surface area contributed by atoms with Crippen LogP contribution in [0, 0.1) is 0 Å². The van der Waals surface area contributed by atoms with Crippen LogP contribution in [0.25, 0.3) is 11.0 Å². The summed E-state index contributed by atoms with van der Waals surface area (Å²) in [6.07, 6.45) is 4.17. The van der Waals surface area contributed by atoms with Crippen LogP contribution in [-0.2, 0) is 32.0 Å². The molecule has 3 aromatic rings. The highest BCUT2D eigenvalue weighted by molar-refractivity contribution is 5.78. The van der Waals surface area contributed by atoms with Crippen molar-refractivity contribution in [2.24, 2.45) is 14.1 Å². The van der Waals surface area contributed by atoms with Crippen molar-refractivity contribution in [2.45, 2.75) is 31.8 Å². The van der Waals surface area contributed by atoms with Crippen molar-refractivity contribution in [3.63, 3.8) is 0 Å². The molecule has 1 saturated heterocycles. The lowest BCUT2D eigenvalue weighted by Gasteiger charge is -2.20. The predicted octanol–water partition coefficient (Wildman–Crippen LogP) is 0.857. The van der Waals surface area contributed by atoms with Gasteiger partial charge in [0.25, 0.3) is 0 Å². The van der Waals surface area contributed by atoms with Crippen molar-refractivity contribution in [3.8, 4) is 0 Å². The molecule has 8 nitrogen and oxygen atoms in total. The number of fused-ring (bicyclic) bond motifs is 1. The first-order valence-corrected chi connectivity index (χ1v) is 9.68. The lowest BCUT2D eigenvalue weighted by atomic mass is 9.97. The van der Waals surface area contributed by atoms with E-state index in [1.165, 1.54) is 0 Å². The van der Waals surface area contributed by atoms with Crippen LogP contribution in [0.15, 0.2) is 35.3 Å².